The van der Waals surface area contributed by atoms with Crippen molar-refractivity contribution in [3.05, 3.63) is 193 Å². The van der Waals surface area contributed by atoms with Crippen molar-refractivity contribution in [2.45, 2.75) is 19.3 Å². The largest absolute Gasteiger partial charge is 0.457 e. The van der Waals surface area contributed by atoms with E-state index in [9.17, 15) is 0 Å². The Morgan fingerprint density at radius 2 is 1.20 bits per heavy atom. The second-order valence-electron chi connectivity index (χ2n) is 15.3. The third-order valence-corrected chi connectivity index (χ3v) is 11.7. The summed E-state index contributed by atoms with van der Waals surface area (Å²) in [6.07, 6.45) is 2.07. The molecule has 5 heteroatoms. The topological polar surface area (TPSA) is 33.5 Å². The number of benzene rings is 7. The van der Waals surface area contributed by atoms with Gasteiger partial charge in [-0.2, -0.15) is 0 Å². The molecule has 0 fully saturated rings. The molecule has 0 N–H and O–H groups in total. The van der Waals surface area contributed by atoms with E-state index in [1.165, 1.54) is 55.8 Å². The molecule has 11 rings (SSSR count). The van der Waals surface area contributed by atoms with Gasteiger partial charge in [-0.25, -0.2) is 4.98 Å². The Hall–Kier alpha value is -7.11. The SMILES string of the molecule is CC1(C)c2ccccc2-c2cnc(-n3c4ccc(-c5ccccc5)cc4c4ccc(Oc5cccc(N6CN(c7ccccc7)c7ccccc76)c5)cc43)cc21. The van der Waals surface area contributed by atoms with Crippen molar-refractivity contribution in [1.82, 2.24) is 9.55 Å². The fourth-order valence-corrected chi connectivity index (χ4v) is 8.94. The highest BCUT2D eigenvalue weighted by Crippen LogP contribution is 2.49. The molecule has 0 amide bonds. The lowest BCUT2D eigenvalue weighted by molar-refractivity contribution is 0.483. The van der Waals surface area contributed by atoms with E-state index < -0.39 is 0 Å². The maximum atomic E-state index is 6.74. The number of rotatable bonds is 6. The maximum absolute atomic E-state index is 6.74. The second kappa shape index (κ2) is 12.5. The van der Waals surface area contributed by atoms with Crippen molar-refractivity contribution in [2.24, 2.45) is 0 Å². The Labute approximate surface area is 326 Å². The van der Waals surface area contributed by atoms with Gasteiger partial charge in [-0.1, -0.05) is 111 Å². The van der Waals surface area contributed by atoms with Crippen molar-refractivity contribution < 1.29 is 4.74 Å². The third-order valence-electron chi connectivity index (χ3n) is 11.7. The van der Waals surface area contributed by atoms with Gasteiger partial charge in [-0.05, 0) is 94.5 Å². The van der Waals surface area contributed by atoms with Gasteiger partial charge >= 0.3 is 0 Å². The fraction of sp³-hybridized carbons (Fsp3) is 0.0784. The maximum Gasteiger partial charge on any atom is 0.137 e. The lowest BCUT2D eigenvalue weighted by Crippen LogP contribution is -2.23. The number of anilines is 4. The van der Waals surface area contributed by atoms with Crippen LogP contribution in [0.1, 0.15) is 25.0 Å². The van der Waals surface area contributed by atoms with Gasteiger partial charge in [0.2, 0.25) is 0 Å². The highest BCUT2D eigenvalue weighted by molar-refractivity contribution is 6.11. The van der Waals surface area contributed by atoms with Crippen LogP contribution in [0.25, 0.3) is 49.9 Å². The van der Waals surface area contributed by atoms with E-state index >= 15 is 0 Å². The predicted octanol–water partition coefficient (Wildman–Crippen LogP) is 13.2. The molecule has 0 spiro atoms. The van der Waals surface area contributed by atoms with Crippen molar-refractivity contribution in [3.8, 4) is 39.6 Å². The summed E-state index contributed by atoms with van der Waals surface area (Å²) in [5.41, 5.74) is 14.1. The lowest BCUT2D eigenvalue weighted by atomic mass is 9.83. The summed E-state index contributed by atoms with van der Waals surface area (Å²) in [4.78, 5) is 9.87. The smallest absolute Gasteiger partial charge is 0.137 e. The highest BCUT2D eigenvalue weighted by atomic mass is 16.5. The van der Waals surface area contributed by atoms with Gasteiger partial charge in [0.15, 0.2) is 0 Å². The standard InChI is InChI=1S/C51H38N4O/c1-51(2)44-21-10-9-20-40(44)43-32-52-50(31-45(43)51)55-46-27-24-35(34-14-5-3-6-15-34)28-42(46)41-26-25-39(30-49(41)55)56-38-19-13-18-37(29-38)54-33-53(36-16-7-4-8-17-36)47-22-11-12-23-48(47)54/h3-32H,33H2,1-2H3. The molecule has 3 heterocycles. The molecule has 268 valence electrons. The van der Waals surface area contributed by atoms with E-state index in [1.54, 1.807) is 0 Å². The van der Waals surface area contributed by atoms with Gasteiger partial charge < -0.3 is 14.5 Å². The van der Waals surface area contributed by atoms with E-state index in [-0.39, 0.29) is 5.41 Å². The summed E-state index contributed by atoms with van der Waals surface area (Å²) in [6, 6.07) is 62.4. The molecule has 0 saturated heterocycles. The van der Waals surface area contributed by atoms with Crippen LogP contribution in [-0.4, -0.2) is 16.2 Å². The quantitative estimate of drug-likeness (QED) is 0.171. The Balaban J connectivity index is 1.01. The number of nitrogens with zero attached hydrogens (tertiary/aromatic N) is 4. The summed E-state index contributed by atoms with van der Waals surface area (Å²) >= 11 is 0. The molecule has 2 aromatic heterocycles. The molecular formula is C51H38N4O. The van der Waals surface area contributed by atoms with Gasteiger partial charge in [-0.15, -0.1) is 0 Å². The summed E-state index contributed by atoms with van der Waals surface area (Å²) in [7, 11) is 0. The average molecular weight is 723 g/mol. The second-order valence-corrected chi connectivity index (χ2v) is 15.3. The van der Waals surface area contributed by atoms with Crippen LogP contribution < -0.4 is 14.5 Å². The number of ether oxygens (including phenoxy) is 1. The number of fused-ring (bicyclic) bond motifs is 7. The summed E-state index contributed by atoms with van der Waals surface area (Å²) < 4.78 is 9.05. The first kappa shape index (κ1) is 32.3. The molecule has 0 bridgehead atoms. The number of hydrogen-bond donors (Lipinski definition) is 0. The minimum Gasteiger partial charge on any atom is -0.457 e. The Kier molecular flexibility index (Phi) is 7.20. The zero-order valence-electron chi connectivity index (χ0n) is 31.2. The first-order chi connectivity index (χ1) is 27.5. The monoisotopic (exact) mass is 722 g/mol. The van der Waals surface area contributed by atoms with Gasteiger partial charge in [0.25, 0.3) is 0 Å². The van der Waals surface area contributed by atoms with Crippen LogP contribution in [0.3, 0.4) is 0 Å². The summed E-state index contributed by atoms with van der Waals surface area (Å²) in [6.45, 7) is 5.35. The number of aromatic nitrogens is 2. The molecule has 5 nitrogen and oxygen atoms in total. The van der Waals surface area contributed by atoms with Crippen LogP contribution >= 0.6 is 0 Å². The molecule has 0 radical (unpaired) electrons. The number of hydrogen-bond acceptors (Lipinski definition) is 4. The minimum atomic E-state index is -0.143. The van der Waals surface area contributed by atoms with Crippen LogP contribution in [0.15, 0.2) is 182 Å². The van der Waals surface area contributed by atoms with E-state index in [0.717, 1.165) is 39.4 Å². The van der Waals surface area contributed by atoms with Crippen LogP contribution in [0, 0.1) is 0 Å². The van der Waals surface area contributed by atoms with Crippen LogP contribution in [0.2, 0.25) is 0 Å². The molecule has 1 aliphatic heterocycles. The third kappa shape index (κ3) is 5.05. The lowest BCUT2D eigenvalue weighted by Gasteiger charge is -2.22. The van der Waals surface area contributed by atoms with Crippen LogP contribution in [0.5, 0.6) is 11.5 Å². The highest BCUT2D eigenvalue weighted by Gasteiger charge is 2.36. The summed E-state index contributed by atoms with van der Waals surface area (Å²) in [5, 5.41) is 2.33. The fourth-order valence-electron chi connectivity index (χ4n) is 8.94. The Morgan fingerprint density at radius 1 is 0.500 bits per heavy atom. The molecule has 7 aromatic carbocycles. The molecule has 0 saturated carbocycles. The van der Waals surface area contributed by atoms with E-state index in [1.807, 2.05) is 6.07 Å². The Bertz CT molecular complexity index is 2970. The van der Waals surface area contributed by atoms with Crippen molar-refractivity contribution in [2.75, 3.05) is 16.5 Å². The van der Waals surface area contributed by atoms with Crippen LogP contribution in [0.4, 0.5) is 22.7 Å². The molecule has 1 aliphatic carbocycles. The molecular weight excluding hydrogens is 685 g/mol. The van der Waals surface area contributed by atoms with Gasteiger partial charge in [0, 0.05) is 51.5 Å². The van der Waals surface area contributed by atoms with Crippen LogP contribution in [-0.2, 0) is 5.41 Å². The van der Waals surface area contributed by atoms with Gasteiger partial charge in [-0.3, -0.25) is 4.57 Å². The van der Waals surface area contributed by atoms with E-state index in [4.69, 9.17) is 9.72 Å². The summed E-state index contributed by atoms with van der Waals surface area (Å²) in [5.74, 6) is 2.44. The zero-order chi connectivity index (χ0) is 37.4. The van der Waals surface area contributed by atoms with Crippen molar-refractivity contribution >= 4 is 44.6 Å². The first-order valence-corrected chi connectivity index (χ1v) is 19.2. The Morgan fingerprint density at radius 3 is 2.02 bits per heavy atom. The molecule has 0 atom stereocenters. The average Bonchev–Trinajstić information content (AvgIpc) is 3.87. The molecule has 0 unspecified atom stereocenters. The zero-order valence-corrected chi connectivity index (χ0v) is 31.2. The number of para-hydroxylation sites is 3. The van der Waals surface area contributed by atoms with Crippen molar-refractivity contribution in [1.29, 1.82) is 0 Å². The molecule has 2 aliphatic rings. The molecule has 9 aromatic rings. The minimum absolute atomic E-state index is 0.143. The van der Waals surface area contributed by atoms with Gasteiger partial charge in [0.05, 0.1) is 22.4 Å². The number of pyridine rings is 1. The normalized spacial score (nSPS) is 13.9. The van der Waals surface area contributed by atoms with E-state index in [2.05, 4.69) is 204 Å². The van der Waals surface area contributed by atoms with Gasteiger partial charge in [0.1, 0.15) is 24.0 Å². The molecule has 56 heavy (non-hydrogen) atoms. The first-order valence-electron chi connectivity index (χ1n) is 19.2. The van der Waals surface area contributed by atoms with E-state index in [0.29, 0.717) is 6.67 Å². The predicted molar refractivity (Wildman–Crippen MR) is 230 cm³/mol. The van der Waals surface area contributed by atoms with Crippen molar-refractivity contribution in [3.63, 3.8) is 0 Å².